The van der Waals surface area contributed by atoms with E-state index < -0.39 is 33.6 Å². The summed E-state index contributed by atoms with van der Waals surface area (Å²) < 4.78 is 28.2. The molecule has 3 aromatic rings. The van der Waals surface area contributed by atoms with Crippen LogP contribution in [-0.4, -0.2) is 77.7 Å². The number of para-hydroxylation sites is 1. The molecule has 0 aliphatic carbocycles. The molecule has 0 radical (unpaired) electrons. The van der Waals surface area contributed by atoms with Crippen LogP contribution in [0.15, 0.2) is 53.4 Å². The summed E-state index contributed by atoms with van der Waals surface area (Å²) in [7, 11) is -4.14. The molecule has 43 heavy (non-hydrogen) atoms. The lowest BCUT2D eigenvalue weighted by Crippen LogP contribution is -2.89. The van der Waals surface area contributed by atoms with Gasteiger partial charge in [-0.05, 0) is 56.5 Å². The van der Waals surface area contributed by atoms with Crippen molar-refractivity contribution in [3.05, 3.63) is 64.8 Å². The number of amides is 3. The number of likely N-dealkylation sites (tertiary alicyclic amines) is 2. The third-order valence-corrected chi connectivity index (χ3v) is 10.3. The van der Waals surface area contributed by atoms with E-state index in [1.165, 1.54) is 25.1 Å². The lowest BCUT2D eigenvalue weighted by molar-refractivity contribution is -0.206. The first-order chi connectivity index (χ1) is 20.2. The minimum atomic E-state index is -4.14. The molecule has 226 valence electrons. The van der Waals surface area contributed by atoms with E-state index >= 15 is 0 Å². The van der Waals surface area contributed by atoms with Gasteiger partial charge in [0, 0.05) is 24.0 Å². The normalized spacial score (nSPS) is 20.9. The number of nitrogens with zero attached hydrogens (tertiary/aromatic N) is 3. The average Bonchev–Trinajstić information content (AvgIpc) is 3.39. The molecule has 2 aliphatic heterocycles. The summed E-state index contributed by atoms with van der Waals surface area (Å²) in [4.78, 5) is 46.2. The second-order valence-electron chi connectivity index (χ2n) is 11.8. The van der Waals surface area contributed by atoms with Crippen molar-refractivity contribution < 1.29 is 22.8 Å². The van der Waals surface area contributed by atoms with E-state index in [9.17, 15) is 22.8 Å². The summed E-state index contributed by atoms with van der Waals surface area (Å²) in [6, 6.07) is 12.9. The lowest BCUT2D eigenvalue weighted by atomic mass is 9.71. The number of carbonyl (C=O) groups is 3. The molecule has 13 heteroatoms. The minimum absolute atomic E-state index is 0.122. The first-order valence-electron chi connectivity index (χ1n) is 14.0. The smallest absolute Gasteiger partial charge is 0.268 e. The summed E-state index contributed by atoms with van der Waals surface area (Å²) in [5, 5.41) is 12.7. The van der Waals surface area contributed by atoms with Crippen molar-refractivity contribution in [2.45, 2.75) is 62.7 Å². The van der Waals surface area contributed by atoms with E-state index in [2.05, 4.69) is 15.0 Å². The van der Waals surface area contributed by atoms with Gasteiger partial charge in [0.1, 0.15) is 16.6 Å². The molecule has 2 aromatic carbocycles. The number of aromatic amines is 1. The van der Waals surface area contributed by atoms with Crippen molar-refractivity contribution in [3.8, 4) is 6.07 Å². The second kappa shape index (κ2) is 11.3. The standard InChI is InChI=1S/C30H33ClN6O5S/c1-17(2)11-24(34-27(38)23-13-20-7-5-6-8-22(20)33-23)29(40)37-15-26-30(37,4)16-36(26)28(39)18(3)35-43(41,42)25-10-9-19(14-32)12-21(25)31/h5-10,12-13,17-18,24,26,33,35H,11,15-16H2,1-4H3,(H,34,38)/t18-,24-,26+,30?/m0/s1. The van der Waals surface area contributed by atoms with Gasteiger partial charge in [0.15, 0.2) is 0 Å². The number of rotatable bonds is 9. The topological polar surface area (TPSA) is 155 Å². The van der Waals surface area contributed by atoms with Crippen LogP contribution < -0.4 is 10.0 Å². The minimum Gasteiger partial charge on any atom is -0.351 e. The molecule has 3 N–H and O–H groups in total. The number of nitriles is 1. The zero-order valence-corrected chi connectivity index (χ0v) is 25.8. The predicted octanol–water partition coefficient (Wildman–Crippen LogP) is 3.02. The summed E-state index contributed by atoms with van der Waals surface area (Å²) in [6.45, 7) is 7.81. The van der Waals surface area contributed by atoms with Gasteiger partial charge < -0.3 is 20.1 Å². The number of benzene rings is 2. The van der Waals surface area contributed by atoms with Gasteiger partial charge >= 0.3 is 0 Å². The van der Waals surface area contributed by atoms with E-state index in [0.29, 0.717) is 12.1 Å². The van der Waals surface area contributed by atoms with Crippen LogP contribution in [0.3, 0.4) is 0 Å². The van der Waals surface area contributed by atoms with E-state index in [1.54, 1.807) is 15.9 Å². The maximum atomic E-state index is 13.7. The van der Waals surface area contributed by atoms with E-state index in [-0.39, 0.29) is 52.3 Å². The third kappa shape index (κ3) is 5.60. The van der Waals surface area contributed by atoms with Crippen molar-refractivity contribution in [1.82, 2.24) is 24.8 Å². The number of piperazine rings is 1. The van der Waals surface area contributed by atoms with Crippen LogP contribution in [-0.2, 0) is 19.6 Å². The Kier molecular flexibility index (Phi) is 8.02. The molecule has 0 saturated carbocycles. The first kappa shape index (κ1) is 30.5. The molecule has 0 bridgehead atoms. The van der Waals surface area contributed by atoms with E-state index in [0.717, 1.165) is 10.9 Å². The SMILES string of the molecule is CC(C)C[C@H](NC(=O)c1cc2ccccc2[nH]1)C(=O)N1C[C@H]2N(C(=O)[C@H](C)NS(=O)(=O)c3ccc(C#N)cc3Cl)CC21C. The Morgan fingerprint density at radius 1 is 1.14 bits per heavy atom. The van der Waals surface area contributed by atoms with Crippen LogP contribution in [0.4, 0.5) is 0 Å². The maximum Gasteiger partial charge on any atom is 0.268 e. The zero-order valence-electron chi connectivity index (χ0n) is 24.2. The highest BCUT2D eigenvalue weighted by Gasteiger charge is 2.65. The fourth-order valence-corrected chi connectivity index (χ4v) is 7.62. The molecule has 2 aliphatic rings. The number of fused-ring (bicyclic) bond motifs is 2. The summed E-state index contributed by atoms with van der Waals surface area (Å²) in [6.07, 6.45) is 0.446. The highest BCUT2D eigenvalue weighted by atomic mass is 35.5. The van der Waals surface area contributed by atoms with Crippen molar-refractivity contribution in [3.63, 3.8) is 0 Å². The van der Waals surface area contributed by atoms with Crippen LogP contribution in [0.25, 0.3) is 10.9 Å². The monoisotopic (exact) mass is 624 g/mol. The molecular formula is C30H33ClN6O5S. The lowest BCUT2D eigenvalue weighted by Gasteiger charge is -2.69. The van der Waals surface area contributed by atoms with E-state index in [4.69, 9.17) is 16.9 Å². The van der Waals surface area contributed by atoms with Gasteiger partial charge in [-0.1, -0.05) is 43.6 Å². The fraction of sp³-hybridized carbons (Fsp3) is 0.400. The third-order valence-electron chi connectivity index (χ3n) is 8.24. The second-order valence-corrected chi connectivity index (χ2v) is 13.9. The van der Waals surface area contributed by atoms with Crippen LogP contribution in [0.5, 0.6) is 0 Å². The van der Waals surface area contributed by atoms with Crippen molar-refractivity contribution in [2.75, 3.05) is 13.1 Å². The highest BCUT2D eigenvalue weighted by Crippen LogP contribution is 2.44. The Hall–Kier alpha value is -3.92. The van der Waals surface area contributed by atoms with Gasteiger partial charge in [-0.25, -0.2) is 8.42 Å². The van der Waals surface area contributed by atoms with Gasteiger partial charge in [0.05, 0.1) is 34.3 Å². The van der Waals surface area contributed by atoms with Crippen LogP contribution >= 0.6 is 11.6 Å². The largest absolute Gasteiger partial charge is 0.351 e. The Bertz CT molecular complexity index is 1730. The van der Waals surface area contributed by atoms with Crippen molar-refractivity contribution in [1.29, 1.82) is 5.26 Å². The van der Waals surface area contributed by atoms with Crippen LogP contribution in [0.2, 0.25) is 5.02 Å². The number of nitrogens with one attached hydrogen (secondary N) is 3. The average molecular weight is 625 g/mol. The number of sulfonamides is 1. The molecule has 1 aromatic heterocycles. The Balaban J connectivity index is 1.23. The Morgan fingerprint density at radius 2 is 1.86 bits per heavy atom. The van der Waals surface area contributed by atoms with Gasteiger partial charge in [-0.3, -0.25) is 14.4 Å². The van der Waals surface area contributed by atoms with Gasteiger partial charge in [-0.15, -0.1) is 0 Å². The van der Waals surface area contributed by atoms with Crippen LogP contribution in [0.1, 0.15) is 50.2 Å². The molecule has 1 unspecified atom stereocenters. The Labute approximate surface area is 255 Å². The fourth-order valence-electron chi connectivity index (χ4n) is 5.88. The number of halogens is 1. The molecule has 11 nitrogen and oxygen atoms in total. The Morgan fingerprint density at radius 3 is 2.47 bits per heavy atom. The number of hydrogen-bond acceptors (Lipinski definition) is 6. The van der Waals surface area contributed by atoms with Gasteiger partial charge in [-0.2, -0.15) is 9.98 Å². The predicted molar refractivity (Wildman–Crippen MR) is 161 cm³/mol. The van der Waals surface area contributed by atoms with Crippen molar-refractivity contribution >= 4 is 50.2 Å². The first-order valence-corrected chi connectivity index (χ1v) is 15.8. The molecule has 2 saturated heterocycles. The van der Waals surface area contributed by atoms with Gasteiger partial charge in [0.2, 0.25) is 21.8 Å². The molecule has 3 heterocycles. The van der Waals surface area contributed by atoms with E-state index in [1.807, 2.05) is 51.1 Å². The molecule has 5 rings (SSSR count). The molecular weight excluding hydrogens is 592 g/mol. The highest BCUT2D eigenvalue weighted by molar-refractivity contribution is 7.89. The number of aromatic nitrogens is 1. The number of H-pyrrole nitrogens is 1. The summed E-state index contributed by atoms with van der Waals surface area (Å²) in [5.41, 5.74) is 0.788. The molecule has 0 spiro atoms. The number of carbonyl (C=O) groups excluding carboxylic acids is 3. The van der Waals surface area contributed by atoms with Crippen LogP contribution in [0, 0.1) is 17.2 Å². The molecule has 3 amide bonds. The molecule has 2 fully saturated rings. The maximum absolute atomic E-state index is 13.7. The summed E-state index contributed by atoms with van der Waals surface area (Å²) in [5.74, 6) is -0.868. The van der Waals surface area contributed by atoms with Gasteiger partial charge in [0.25, 0.3) is 5.91 Å². The summed E-state index contributed by atoms with van der Waals surface area (Å²) >= 11 is 6.08. The zero-order chi connectivity index (χ0) is 31.3. The number of hydrogen-bond donors (Lipinski definition) is 3. The quantitative estimate of drug-likeness (QED) is 0.332. The molecule has 4 atom stereocenters. The van der Waals surface area contributed by atoms with Crippen molar-refractivity contribution in [2.24, 2.45) is 5.92 Å².